The zero-order valence-corrected chi connectivity index (χ0v) is 13.7. The lowest BCUT2D eigenvalue weighted by molar-refractivity contribution is 0.456. The second-order valence-electron chi connectivity index (χ2n) is 6.54. The van der Waals surface area contributed by atoms with Crippen molar-refractivity contribution in [2.75, 3.05) is 0 Å². The van der Waals surface area contributed by atoms with E-state index in [0.717, 1.165) is 21.9 Å². The summed E-state index contributed by atoms with van der Waals surface area (Å²) in [7, 11) is -3.39. The third-order valence-corrected chi connectivity index (χ3v) is 7.56. The molecule has 1 aromatic carbocycles. The summed E-state index contributed by atoms with van der Waals surface area (Å²) >= 11 is 3.36. The van der Waals surface area contributed by atoms with Crippen molar-refractivity contribution in [3.8, 4) is 0 Å². The Kier molecular flexibility index (Phi) is 2.86. The smallest absolute Gasteiger partial charge is 0.207 e. The molecule has 4 atom stereocenters. The third-order valence-electron chi connectivity index (χ3n) is 5.47. The first-order valence-corrected chi connectivity index (χ1v) is 9.53. The molecule has 3 aliphatic carbocycles. The van der Waals surface area contributed by atoms with E-state index in [1.54, 1.807) is 6.07 Å². The maximum atomic E-state index is 12.6. The van der Waals surface area contributed by atoms with Crippen molar-refractivity contribution in [1.29, 1.82) is 0 Å². The SMILES string of the molecule is Cc1ccc(Br)cc1S(=O)(=O)NC1C2C3CCC(C3)C12. The Bertz CT molecular complexity index is 656. The second-order valence-corrected chi connectivity index (χ2v) is 9.14. The van der Waals surface area contributed by atoms with Crippen molar-refractivity contribution in [1.82, 2.24) is 4.72 Å². The standard InChI is InChI=1S/C15H18BrNO2S/c1-8-2-5-11(16)7-12(8)20(18,19)17-15-13-9-3-4-10(6-9)14(13)15/h2,5,7,9-10,13-15,17H,3-4,6H2,1H3. The Hall–Kier alpha value is -0.390. The molecule has 0 amide bonds. The Labute approximate surface area is 128 Å². The minimum atomic E-state index is -3.39. The van der Waals surface area contributed by atoms with E-state index >= 15 is 0 Å². The van der Waals surface area contributed by atoms with Gasteiger partial charge < -0.3 is 0 Å². The number of hydrogen-bond acceptors (Lipinski definition) is 2. The molecule has 3 nitrogen and oxygen atoms in total. The Balaban J connectivity index is 1.58. The summed E-state index contributed by atoms with van der Waals surface area (Å²) in [6.07, 6.45) is 3.95. The minimum Gasteiger partial charge on any atom is -0.207 e. The van der Waals surface area contributed by atoms with Gasteiger partial charge in [-0.3, -0.25) is 0 Å². The second kappa shape index (κ2) is 4.31. The molecule has 0 aliphatic heterocycles. The summed E-state index contributed by atoms with van der Waals surface area (Å²) in [4.78, 5) is 0.407. The van der Waals surface area contributed by atoms with Crippen LogP contribution in [0.15, 0.2) is 27.6 Å². The number of fused-ring (bicyclic) bond motifs is 5. The van der Waals surface area contributed by atoms with Crippen molar-refractivity contribution < 1.29 is 8.42 Å². The van der Waals surface area contributed by atoms with Gasteiger partial charge in [-0.25, -0.2) is 13.1 Å². The van der Waals surface area contributed by atoms with Gasteiger partial charge in [-0.1, -0.05) is 22.0 Å². The largest absolute Gasteiger partial charge is 0.241 e. The number of halogens is 1. The quantitative estimate of drug-likeness (QED) is 0.905. The predicted octanol–water partition coefficient (Wildman–Crippen LogP) is 3.08. The molecule has 0 spiro atoms. The van der Waals surface area contributed by atoms with Crippen LogP contribution in [0.3, 0.4) is 0 Å². The molecule has 3 fully saturated rings. The van der Waals surface area contributed by atoms with E-state index in [-0.39, 0.29) is 6.04 Å². The highest BCUT2D eigenvalue weighted by molar-refractivity contribution is 9.10. The normalized spacial score (nSPS) is 38.0. The number of hydrogen-bond donors (Lipinski definition) is 1. The molecule has 5 heteroatoms. The lowest BCUT2D eigenvalue weighted by Crippen LogP contribution is -2.30. The van der Waals surface area contributed by atoms with Gasteiger partial charge in [0.2, 0.25) is 10.0 Å². The predicted molar refractivity (Wildman–Crippen MR) is 80.8 cm³/mol. The van der Waals surface area contributed by atoms with Gasteiger partial charge in [0.25, 0.3) is 0 Å². The molecule has 0 aromatic heterocycles. The monoisotopic (exact) mass is 355 g/mol. The third kappa shape index (κ3) is 1.90. The maximum Gasteiger partial charge on any atom is 0.241 e. The van der Waals surface area contributed by atoms with E-state index in [1.807, 2.05) is 19.1 Å². The molecule has 3 aliphatic rings. The molecular formula is C15H18BrNO2S. The van der Waals surface area contributed by atoms with Gasteiger partial charge in [0, 0.05) is 10.5 Å². The van der Waals surface area contributed by atoms with Gasteiger partial charge in [-0.05, 0) is 67.6 Å². The Morgan fingerprint density at radius 2 is 1.85 bits per heavy atom. The van der Waals surface area contributed by atoms with Gasteiger partial charge in [0.1, 0.15) is 0 Å². The van der Waals surface area contributed by atoms with Crippen LogP contribution in [0.5, 0.6) is 0 Å². The molecule has 20 heavy (non-hydrogen) atoms. The molecule has 4 rings (SSSR count). The summed E-state index contributed by atoms with van der Waals surface area (Å²) in [5.41, 5.74) is 0.800. The van der Waals surface area contributed by atoms with Crippen LogP contribution < -0.4 is 4.72 Å². The lowest BCUT2D eigenvalue weighted by Gasteiger charge is -2.13. The fraction of sp³-hybridized carbons (Fsp3) is 0.600. The number of nitrogens with one attached hydrogen (secondary N) is 1. The van der Waals surface area contributed by atoms with E-state index in [4.69, 9.17) is 0 Å². The fourth-order valence-electron chi connectivity index (χ4n) is 4.59. The van der Waals surface area contributed by atoms with E-state index in [9.17, 15) is 8.42 Å². The number of sulfonamides is 1. The van der Waals surface area contributed by atoms with Crippen molar-refractivity contribution in [3.05, 3.63) is 28.2 Å². The van der Waals surface area contributed by atoms with E-state index in [0.29, 0.717) is 16.7 Å². The molecule has 0 saturated heterocycles. The first-order valence-electron chi connectivity index (χ1n) is 7.26. The van der Waals surface area contributed by atoms with Crippen LogP contribution in [0.2, 0.25) is 0 Å². The first-order chi connectivity index (χ1) is 9.47. The summed E-state index contributed by atoms with van der Waals surface area (Å²) in [5, 5.41) is 0. The lowest BCUT2D eigenvalue weighted by atomic mass is 10.0. The Morgan fingerprint density at radius 3 is 2.50 bits per heavy atom. The zero-order chi connectivity index (χ0) is 14.1. The first kappa shape index (κ1) is 13.3. The van der Waals surface area contributed by atoms with Gasteiger partial charge in [0.15, 0.2) is 0 Å². The van der Waals surface area contributed by atoms with Crippen LogP contribution in [0, 0.1) is 30.6 Å². The fourth-order valence-corrected chi connectivity index (χ4v) is 6.68. The average Bonchev–Trinajstić information content (AvgIpc) is 2.81. The summed E-state index contributed by atoms with van der Waals surface area (Å²) in [6, 6.07) is 5.62. The molecule has 2 bridgehead atoms. The van der Waals surface area contributed by atoms with Gasteiger partial charge in [-0.15, -0.1) is 0 Å². The zero-order valence-electron chi connectivity index (χ0n) is 11.3. The number of benzene rings is 1. The van der Waals surface area contributed by atoms with Crippen LogP contribution in [-0.4, -0.2) is 14.5 Å². The topological polar surface area (TPSA) is 46.2 Å². The van der Waals surface area contributed by atoms with E-state index in [1.165, 1.54) is 19.3 Å². The van der Waals surface area contributed by atoms with E-state index in [2.05, 4.69) is 20.7 Å². The molecular weight excluding hydrogens is 338 g/mol. The van der Waals surface area contributed by atoms with Crippen molar-refractivity contribution in [2.45, 2.75) is 37.1 Å². The van der Waals surface area contributed by atoms with E-state index < -0.39 is 10.0 Å². The molecule has 1 N–H and O–H groups in total. The highest BCUT2D eigenvalue weighted by atomic mass is 79.9. The highest BCUT2D eigenvalue weighted by Gasteiger charge is 2.65. The molecule has 0 radical (unpaired) electrons. The van der Waals surface area contributed by atoms with Crippen molar-refractivity contribution in [3.63, 3.8) is 0 Å². The number of aryl methyl sites for hydroxylation is 1. The van der Waals surface area contributed by atoms with Crippen LogP contribution in [0.25, 0.3) is 0 Å². The highest BCUT2D eigenvalue weighted by Crippen LogP contribution is 2.65. The minimum absolute atomic E-state index is 0.199. The van der Waals surface area contributed by atoms with Gasteiger partial charge in [0.05, 0.1) is 4.90 Å². The van der Waals surface area contributed by atoms with Crippen molar-refractivity contribution in [2.24, 2.45) is 23.7 Å². The van der Waals surface area contributed by atoms with Gasteiger partial charge in [-0.2, -0.15) is 0 Å². The van der Waals surface area contributed by atoms with Crippen LogP contribution >= 0.6 is 15.9 Å². The van der Waals surface area contributed by atoms with Crippen LogP contribution in [0.1, 0.15) is 24.8 Å². The molecule has 108 valence electrons. The summed E-state index contributed by atoms with van der Waals surface area (Å²) in [5.74, 6) is 2.80. The summed E-state index contributed by atoms with van der Waals surface area (Å²) < 4.78 is 29.0. The molecule has 1 aromatic rings. The molecule has 4 unspecified atom stereocenters. The molecule has 0 heterocycles. The van der Waals surface area contributed by atoms with Crippen LogP contribution in [-0.2, 0) is 10.0 Å². The molecule has 3 saturated carbocycles. The van der Waals surface area contributed by atoms with Gasteiger partial charge >= 0.3 is 0 Å². The Morgan fingerprint density at radius 1 is 1.20 bits per heavy atom. The maximum absolute atomic E-state index is 12.6. The van der Waals surface area contributed by atoms with Crippen molar-refractivity contribution >= 4 is 26.0 Å². The average molecular weight is 356 g/mol. The van der Waals surface area contributed by atoms with Crippen LogP contribution in [0.4, 0.5) is 0 Å². The summed E-state index contributed by atoms with van der Waals surface area (Å²) in [6.45, 7) is 1.85. The number of rotatable bonds is 3.